The van der Waals surface area contributed by atoms with E-state index in [1.54, 1.807) is 0 Å². The first-order valence-electron chi connectivity index (χ1n) is 5.06. The molecule has 2 rings (SSSR count). The Morgan fingerprint density at radius 3 is 2.31 bits per heavy atom. The van der Waals surface area contributed by atoms with Crippen LogP contribution in [0.15, 0.2) is 12.1 Å². The van der Waals surface area contributed by atoms with Crippen molar-refractivity contribution in [2.45, 2.75) is 25.3 Å². The first-order chi connectivity index (χ1) is 7.18. The minimum atomic E-state index is -0.556. The standard InChI is InChI=1S/C11H12ClF2N.ClH/c12-7-5-8(13)11(9(14)6-7)10-3-1-2-4-15-10;/h5-6,10,15H,1-4H2;1H/t10-;/m1./s1. The molecular formula is C11H13Cl2F2N. The molecule has 1 saturated heterocycles. The Bertz CT molecular complexity index is 342. The second-order valence-corrected chi connectivity index (χ2v) is 4.22. The average Bonchev–Trinajstić information content (AvgIpc) is 2.17. The zero-order chi connectivity index (χ0) is 10.8. The van der Waals surface area contributed by atoms with Crippen LogP contribution in [-0.4, -0.2) is 6.54 Å². The highest BCUT2D eigenvalue weighted by atomic mass is 35.5. The van der Waals surface area contributed by atoms with E-state index >= 15 is 0 Å². The van der Waals surface area contributed by atoms with Gasteiger partial charge in [-0.3, -0.25) is 0 Å². The van der Waals surface area contributed by atoms with Crippen molar-refractivity contribution in [1.29, 1.82) is 0 Å². The third kappa shape index (κ3) is 2.84. The SMILES string of the molecule is Cl.Fc1cc(Cl)cc(F)c1[C@H]1CCCCN1. The van der Waals surface area contributed by atoms with Gasteiger partial charge in [-0.1, -0.05) is 18.0 Å². The Morgan fingerprint density at radius 2 is 1.81 bits per heavy atom. The molecule has 0 aliphatic carbocycles. The molecule has 1 atom stereocenters. The minimum Gasteiger partial charge on any atom is -0.310 e. The fraction of sp³-hybridized carbons (Fsp3) is 0.455. The molecule has 0 saturated carbocycles. The molecule has 90 valence electrons. The topological polar surface area (TPSA) is 12.0 Å². The van der Waals surface area contributed by atoms with Crippen LogP contribution >= 0.6 is 24.0 Å². The van der Waals surface area contributed by atoms with E-state index in [9.17, 15) is 8.78 Å². The van der Waals surface area contributed by atoms with Gasteiger partial charge < -0.3 is 5.32 Å². The van der Waals surface area contributed by atoms with Gasteiger partial charge in [-0.2, -0.15) is 0 Å². The summed E-state index contributed by atoms with van der Waals surface area (Å²) in [6.45, 7) is 0.812. The van der Waals surface area contributed by atoms with Crippen LogP contribution in [0, 0.1) is 11.6 Å². The summed E-state index contributed by atoms with van der Waals surface area (Å²) in [5.41, 5.74) is 0.124. The lowest BCUT2D eigenvalue weighted by Gasteiger charge is -2.24. The van der Waals surface area contributed by atoms with E-state index in [4.69, 9.17) is 11.6 Å². The summed E-state index contributed by atoms with van der Waals surface area (Å²) in [5, 5.41) is 3.21. The van der Waals surface area contributed by atoms with Crippen molar-refractivity contribution in [1.82, 2.24) is 5.32 Å². The van der Waals surface area contributed by atoms with Gasteiger partial charge >= 0.3 is 0 Å². The number of hydrogen-bond acceptors (Lipinski definition) is 1. The van der Waals surface area contributed by atoms with Gasteiger partial charge in [0.05, 0.1) is 0 Å². The molecule has 1 nitrogen and oxygen atoms in total. The van der Waals surface area contributed by atoms with Crippen LogP contribution in [0.1, 0.15) is 30.9 Å². The molecule has 5 heteroatoms. The number of nitrogens with one attached hydrogen (secondary N) is 1. The van der Waals surface area contributed by atoms with Gasteiger partial charge in [-0.05, 0) is 31.5 Å². The van der Waals surface area contributed by atoms with Gasteiger partial charge in [-0.25, -0.2) is 8.78 Å². The first-order valence-corrected chi connectivity index (χ1v) is 5.44. The Balaban J connectivity index is 0.00000128. The third-order valence-corrected chi connectivity index (χ3v) is 2.92. The molecule has 16 heavy (non-hydrogen) atoms. The second-order valence-electron chi connectivity index (χ2n) is 3.79. The van der Waals surface area contributed by atoms with E-state index in [1.165, 1.54) is 0 Å². The molecule has 1 aliphatic heterocycles. The quantitative estimate of drug-likeness (QED) is 0.815. The Labute approximate surface area is 105 Å². The van der Waals surface area contributed by atoms with E-state index in [0.29, 0.717) is 0 Å². The van der Waals surface area contributed by atoms with E-state index < -0.39 is 11.6 Å². The van der Waals surface area contributed by atoms with E-state index in [0.717, 1.165) is 37.9 Å². The Hall–Kier alpha value is -0.380. The predicted molar refractivity (Wildman–Crippen MR) is 63.2 cm³/mol. The first kappa shape index (κ1) is 13.7. The fourth-order valence-corrected chi connectivity index (χ4v) is 2.18. The summed E-state index contributed by atoms with van der Waals surface area (Å²) in [6, 6.07) is 2.11. The van der Waals surface area contributed by atoms with Crippen molar-refractivity contribution in [3.63, 3.8) is 0 Å². The van der Waals surface area contributed by atoms with Crippen LogP contribution in [0.4, 0.5) is 8.78 Å². The van der Waals surface area contributed by atoms with Crippen LogP contribution in [0.2, 0.25) is 5.02 Å². The number of rotatable bonds is 1. The van der Waals surface area contributed by atoms with E-state index in [2.05, 4.69) is 5.32 Å². The lowest BCUT2D eigenvalue weighted by atomic mass is 9.97. The molecule has 0 aromatic heterocycles. The van der Waals surface area contributed by atoms with Gasteiger partial charge in [0.2, 0.25) is 0 Å². The van der Waals surface area contributed by atoms with Crippen LogP contribution in [0.25, 0.3) is 0 Å². The molecular weight excluding hydrogens is 255 g/mol. The molecule has 0 unspecified atom stereocenters. The number of halogens is 4. The highest BCUT2D eigenvalue weighted by molar-refractivity contribution is 6.30. The lowest BCUT2D eigenvalue weighted by molar-refractivity contribution is 0.385. The minimum absolute atomic E-state index is 0. The van der Waals surface area contributed by atoms with E-state index in [-0.39, 0.29) is 29.0 Å². The second kappa shape index (κ2) is 5.80. The van der Waals surface area contributed by atoms with Gasteiger partial charge in [0, 0.05) is 16.6 Å². The molecule has 1 fully saturated rings. The zero-order valence-electron chi connectivity index (χ0n) is 8.60. The van der Waals surface area contributed by atoms with Crippen LogP contribution in [-0.2, 0) is 0 Å². The van der Waals surface area contributed by atoms with Crippen molar-refractivity contribution < 1.29 is 8.78 Å². The molecule has 1 aliphatic rings. The zero-order valence-corrected chi connectivity index (χ0v) is 10.2. The molecule has 0 spiro atoms. The van der Waals surface area contributed by atoms with Crippen LogP contribution < -0.4 is 5.32 Å². The molecule has 1 aromatic rings. The summed E-state index contributed by atoms with van der Waals surface area (Å²) in [4.78, 5) is 0. The molecule has 1 aromatic carbocycles. The Morgan fingerprint density at radius 1 is 1.19 bits per heavy atom. The highest BCUT2D eigenvalue weighted by Gasteiger charge is 2.22. The molecule has 0 bridgehead atoms. The summed E-state index contributed by atoms with van der Waals surface area (Å²) in [7, 11) is 0. The largest absolute Gasteiger partial charge is 0.310 e. The lowest BCUT2D eigenvalue weighted by Crippen LogP contribution is -2.28. The maximum atomic E-state index is 13.5. The fourth-order valence-electron chi connectivity index (χ4n) is 1.98. The van der Waals surface area contributed by atoms with Gasteiger partial charge in [0.15, 0.2) is 0 Å². The monoisotopic (exact) mass is 267 g/mol. The molecule has 0 amide bonds. The number of piperidine rings is 1. The predicted octanol–water partition coefficient (Wildman–Crippen LogP) is 3.85. The van der Waals surface area contributed by atoms with E-state index in [1.807, 2.05) is 0 Å². The smallest absolute Gasteiger partial charge is 0.132 e. The van der Waals surface area contributed by atoms with Crippen molar-refractivity contribution in [2.24, 2.45) is 0 Å². The summed E-state index contributed by atoms with van der Waals surface area (Å²) in [5.74, 6) is -1.11. The van der Waals surface area contributed by atoms with Gasteiger partial charge in [0.1, 0.15) is 11.6 Å². The van der Waals surface area contributed by atoms with Crippen LogP contribution in [0.5, 0.6) is 0 Å². The van der Waals surface area contributed by atoms with Gasteiger partial charge in [0.25, 0.3) is 0 Å². The summed E-state index contributed by atoms with van der Waals surface area (Å²) in [6.07, 6.45) is 2.84. The average molecular weight is 268 g/mol. The highest BCUT2D eigenvalue weighted by Crippen LogP contribution is 2.29. The van der Waals surface area contributed by atoms with Crippen molar-refractivity contribution in [2.75, 3.05) is 6.54 Å². The van der Waals surface area contributed by atoms with Gasteiger partial charge in [-0.15, -0.1) is 12.4 Å². The summed E-state index contributed by atoms with van der Waals surface area (Å²) >= 11 is 5.56. The van der Waals surface area contributed by atoms with Crippen LogP contribution in [0.3, 0.4) is 0 Å². The number of hydrogen-bond donors (Lipinski definition) is 1. The normalized spacial score (nSPS) is 20.3. The third-order valence-electron chi connectivity index (χ3n) is 2.70. The van der Waals surface area contributed by atoms with Crippen molar-refractivity contribution in [3.05, 3.63) is 34.4 Å². The molecule has 1 heterocycles. The summed E-state index contributed by atoms with van der Waals surface area (Å²) < 4.78 is 27.1. The maximum absolute atomic E-state index is 13.5. The number of benzene rings is 1. The molecule has 1 N–H and O–H groups in total. The van der Waals surface area contributed by atoms with Crippen molar-refractivity contribution in [3.8, 4) is 0 Å². The maximum Gasteiger partial charge on any atom is 0.132 e. The van der Waals surface area contributed by atoms with Crippen molar-refractivity contribution >= 4 is 24.0 Å². The molecule has 0 radical (unpaired) electrons. The Kier molecular flexibility index (Phi) is 4.96.